The molecule has 0 atom stereocenters. The highest BCUT2D eigenvalue weighted by molar-refractivity contribution is 5.96. The molecule has 0 spiro atoms. The summed E-state index contributed by atoms with van der Waals surface area (Å²) in [6, 6.07) is 7.99. The molecule has 1 heterocycles. The van der Waals surface area contributed by atoms with E-state index < -0.39 is 0 Å². The summed E-state index contributed by atoms with van der Waals surface area (Å²) in [5.41, 5.74) is 4.51. The average molecular weight is 309 g/mol. The highest BCUT2D eigenvalue weighted by atomic mass is 16.1. The lowest BCUT2D eigenvalue weighted by molar-refractivity contribution is -0.105. The fourth-order valence-corrected chi connectivity index (χ4v) is 2.50. The maximum Gasteiger partial charge on any atom is 0.251 e. The molecule has 2 amide bonds. The van der Waals surface area contributed by atoms with Crippen molar-refractivity contribution in [2.24, 2.45) is 0 Å². The lowest BCUT2D eigenvalue weighted by Crippen LogP contribution is -2.25. The van der Waals surface area contributed by atoms with Crippen LogP contribution in [0.2, 0.25) is 0 Å². The van der Waals surface area contributed by atoms with Gasteiger partial charge in [-0.1, -0.05) is 6.07 Å². The van der Waals surface area contributed by atoms with E-state index in [-0.39, 0.29) is 5.91 Å². The molecule has 0 bridgehead atoms. The van der Waals surface area contributed by atoms with Crippen LogP contribution in [0.3, 0.4) is 0 Å². The Labute approximate surface area is 135 Å². The number of aryl methyl sites for hydroxylation is 2. The molecule has 2 aromatic rings. The Morgan fingerprint density at radius 1 is 1.22 bits per heavy atom. The quantitative estimate of drug-likeness (QED) is 0.834. The molecule has 1 aromatic carbocycles. The first-order chi connectivity index (χ1) is 11.1. The number of amides is 2. The Hall–Kier alpha value is -2.69. The zero-order valence-corrected chi connectivity index (χ0v) is 13.2. The molecule has 0 unspecified atom stereocenters. The van der Waals surface area contributed by atoms with Gasteiger partial charge in [0.25, 0.3) is 5.91 Å². The van der Waals surface area contributed by atoms with E-state index >= 15 is 0 Å². The van der Waals surface area contributed by atoms with Gasteiger partial charge >= 0.3 is 0 Å². The third-order valence-electron chi connectivity index (χ3n) is 4.00. The second-order valence-corrected chi connectivity index (χ2v) is 5.93. The van der Waals surface area contributed by atoms with E-state index in [0.29, 0.717) is 23.8 Å². The molecule has 1 fully saturated rings. The van der Waals surface area contributed by atoms with Crippen molar-refractivity contribution in [3.05, 3.63) is 47.2 Å². The van der Waals surface area contributed by atoms with Gasteiger partial charge in [-0.15, -0.1) is 0 Å². The molecule has 118 valence electrons. The number of carbonyl (C=O) groups excluding carboxylic acids is 2. The first-order valence-corrected chi connectivity index (χ1v) is 7.67. The summed E-state index contributed by atoms with van der Waals surface area (Å²) in [6.45, 7) is 3.89. The number of nitrogens with zero attached hydrogens (tertiary/aromatic N) is 1. The van der Waals surface area contributed by atoms with E-state index in [1.54, 1.807) is 6.20 Å². The van der Waals surface area contributed by atoms with Gasteiger partial charge in [0.15, 0.2) is 0 Å². The number of pyridine rings is 1. The van der Waals surface area contributed by atoms with Crippen molar-refractivity contribution in [2.75, 3.05) is 5.32 Å². The fraction of sp³-hybridized carbons (Fsp3) is 0.278. The fourth-order valence-electron chi connectivity index (χ4n) is 2.50. The van der Waals surface area contributed by atoms with Gasteiger partial charge in [-0.25, -0.2) is 4.98 Å². The summed E-state index contributed by atoms with van der Waals surface area (Å²) >= 11 is 0. The summed E-state index contributed by atoms with van der Waals surface area (Å²) in [6.07, 6.45) is 4.46. The molecule has 1 aliphatic carbocycles. The van der Waals surface area contributed by atoms with Crippen molar-refractivity contribution in [2.45, 2.75) is 32.7 Å². The number of nitrogens with one attached hydrogen (secondary N) is 2. The minimum absolute atomic E-state index is 0.0299. The van der Waals surface area contributed by atoms with E-state index in [0.717, 1.165) is 35.1 Å². The van der Waals surface area contributed by atoms with Crippen molar-refractivity contribution >= 4 is 18.1 Å². The van der Waals surface area contributed by atoms with E-state index in [9.17, 15) is 9.59 Å². The summed E-state index contributed by atoms with van der Waals surface area (Å²) in [7, 11) is 0. The van der Waals surface area contributed by atoms with Gasteiger partial charge in [0.2, 0.25) is 6.41 Å². The van der Waals surface area contributed by atoms with Crippen LogP contribution < -0.4 is 10.6 Å². The van der Waals surface area contributed by atoms with Gasteiger partial charge in [0, 0.05) is 23.4 Å². The van der Waals surface area contributed by atoms with Gasteiger partial charge in [-0.3, -0.25) is 9.59 Å². The van der Waals surface area contributed by atoms with Crippen LogP contribution in [0.1, 0.15) is 34.3 Å². The number of hydrogen-bond acceptors (Lipinski definition) is 3. The zero-order chi connectivity index (χ0) is 16.4. The standard InChI is InChI=1S/C18H19N3O2/c1-11-3-4-13(18(23)21-15-5-6-15)8-16(11)14-7-12(2)17(19-9-14)20-10-22/h3-4,7-10,15H,5-6H2,1-2H3,(H,21,23)(H,19,20,22). The SMILES string of the molecule is Cc1ccc(C(=O)NC2CC2)cc1-c1cnc(NC=O)c(C)c1. The lowest BCUT2D eigenvalue weighted by atomic mass is 9.98. The molecule has 0 aliphatic heterocycles. The molecular formula is C18H19N3O2. The van der Waals surface area contributed by atoms with Gasteiger partial charge in [-0.05, 0) is 61.6 Å². The molecular weight excluding hydrogens is 290 g/mol. The third kappa shape index (κ3) is 3.39. The van der Waals surface area contributed by atoms with Gasteiger partial charge < -0.3 is 10.6 Å². The topological polar surface area (TPSA) is 71.1 Å². The summed E-state index contributed by atoms with van der Waals surface area (Å²) in [4.78, 5) is 27.0. The second kappa shape index (κ2) is 6.20. The van der Waals surface area contributed by atoms with Crippen molar-refractivity contribution in [3.63, 3.8) is 0 Å². The van der Waals surface area contributed by atoms with Crippen LogP contribution in [0.5, 0.6) is 0 Å². The number of aromatic nitrogens is 1. The lowest BCUT2D eigenvalue weighted by Gasteiger charge is -2.11. The highest BCUT2D eigenvalue weighted by Gasteiger charge is 2.24. The van der Waals surface area contributed by atoms with Crippen molar-refractivity contribution in [3.8, 4) is 11.1 Å². The maximum absolute atomic E-state index is 12.2. The second-order valence-electron chi connectivity index (χ2n) is 5.93. The Kier molecular flexibility index (Phi) is 4.10. The Morgan fingerprint density at radius 3 is 2.65 bits per heavy atom. The van der Waals surface area contributed by atoms with Crippen LogP contribution >= 0.6 is 0 Å². The number of hydrogen-bond donors (Lipinski definition) is 2. The first-order valence-electron chi connectivity index (χ1n) is 7.67. The first kappa shape index (κ1) is 15.2. The van der Waals surface area contributed by atoms with Crippen molar-refractivity contribution in [1.29, 1.82) is 0 Å². The van der Waals surface area contributed by atoms with Gasteiger partial charge in [0.1, 0.15) is 5.82 Å². The van der Waals surface area contributed by atoms with Gasteiger partial charge in [0.05, 0.1) is 0 Å². The predicted molar refractivity (Wildman–Crippen MR) is 89.3 cm³/mol. The van der Waals surface area contributed by atoms with Crippen LogP contribution in [-0.2, 0) is 4.79 Å². The molecule has 1 saturated carbocycles. The van der Waals surface area contributed by atoms with E-state index in [1.807, 2.05) is 38.1 Å². The molecule has 2 N–H and O–H groups in total. The number of benzene rings is 1. The predicted octanol–water partition coefficient (Wildman–Crippen LogP) is 2.83. The summed E-state index contributed by atoms with van der Waals surface area (Å²) < 4.78 is 0. The van der Waals surface area contributed by atoms with Crippen LogP contribution in [-0.4, -0.2) is 23.3 Å². The molecule has 5 heteroatoms. The molecule has 3 rings (SSSR count). The highest BCUT2D eigenvalue weighted by Crippen LogP contribution is 2.27. The Bertz CT molecular complexity index is 767. The number of carbonyl (C=O) groups is 2. The zero-order valence-electron chi connectivity index (χ0n) is 13.2. The van der Waals surface area contributed by atoms with E-state index in [2.05, 4.69) is 15.6 Å². The van der Waals surface area contributed by atoms with Crippen LogP contribution in [0.25, 0.3) is 11.1 Å². The molecule has 0 radical (unpaired) electrons. The average Bonchev–Trinajstić information content (AvgIpc) is 3.34. The normalized spacial score (nSPS) is 13.5. The van der Waals surface area contributed by atoms with E-state index in [4.69, 9.17) is 0 Å². The van der Waals surface area contributed by atoms with E-state index in [1.165, 1.54) is 0 Å². The van der Waals surface area contributed by atoms with Crippen LogP contribution in [0, 0.1) is 13.8 Å². The largest absolute Gasteiger partial charge is 0.349 e. The number of anilines is 1. The Balaban J connectivity index is 1.93. The summed E-state index contributed by atoms with van der Waals surface area (Å²) in [5.74, 6) is 0.515. The van der Waals surface area contributed by atoms with Crippen LogP contribution in [0.15, 0.2) is 30.5 Å². The number of rotatable bonds is 5. The molecule has 23 heavy (non-hydrogen) atoms. The Morgan fingerprint density at radius 2 is 2.00 bits per heavy atom. The molecule has 5 nitrogen and oxygen atoms in total. The maximum atomic E-state index is 12.2. The monoisotopic (exact) mass is 309 g/mol. The molecule has 1 aromatic heterocycles. The van der Waals surface area contributed by atoms with Crippen molar-refractivity contribution < 1.29 is 9.59 Å². The molecule has 1 aliphatic rings. The minimum Gasteiger partial charge on any atom is -0.349 e. The van der Waals surface area contributed by atoms with Crippen LogP contribution in [0.4, 0.5) is 5.82 Å². The summed E-state index contributed by atoms with van der Waals surface area (Å²) in [5, 5.41) is 5.57. The van der Waals surface area contributed by atoms with Gasteiger partial charge in [-0.2, -0.15) is 0 Å². The molecule has 0 saturated heterocycles. The third-order valence-corrected chi connectivity index (χ3v) is 4.00. The van der Waals surface area contributed by atoms with Crippen molar-refractivity contribution in [1.82, 2.24) is 10.3 Å². The smallest absolute Gasteiger partial charge is 0.251 e. The minimum atomic E-state index is -0.0299.